The highest BCUT2D eigenvalue weighted by Gasteiger charge is 2.31. The van der Waals surface area contributed by atoms with Crippen molar-refractivity contribution in [3.63, 3.8) is 0 Å². The molecule has 1 aromatic rings. The van der Waals surface area contributed by atoms with Crippen molar-refractivity contribution in [2.24, 2.45) is 10.9 Å². The summed E-state index contributed by atoms with van der Waals surface area (Å²) < 4.78 is 0. The number of nitrogens with one attached hydrogen (secondary N) is 2. The van der Waals surface area contributed by atoms with Crippen molar-refractivity contribution in [2.75, 3.05) is 0 Å². The summed E-state index contributed by atoms with van der Waals surface area (Å²) >= 11 is 0. The Labute approximate surface area is 131 Å². The Morgan fingerprint density at radius 2 is 2.05 bits per heavy atom. The van der Waals surface area contributed by atoms with Gasteiger partial charge in [-0.25, -0.2) is 5.84 Å². The highest BCUT2D eigenvalue weighted by atomic mass is 16.2. The zero-order valence-electron chi connectivity index (χ0n) is 13.2. The lowest BCUT2D eigenvalue weighted by atomic mass is 9.82. The summed E-state index contributed by atoms with van der Waals surface area (Å²) in [6, 6.07) is 9.99. The third-order valence-electron chi connectivity index (χ3n) is 3.94. The molecule has 5 heteroatoms. The highest BCUT2D eigenvalue weighted by molar-refractivity contribution is 6.06. The Morgan fingerprint density at radius 3 is 2.68 bits per heavy atom. The summed E-state index contributed by atoms with van der Waals surface area (Å²) in [6.07, 6.45) is 4.25. The lowest BCUT2D eigenvalue weighted by molar-refractivity contribution is -0.117. The first-order valence-electron chi connectivity index (χ1n) is 7.78. The number of nitrogens with zero attached hydrogens (tertiary/aromatic N) is 1. The van der Waals surface area contributed by atoms with E-state index in [9.17, 15) is 4.79 Å². The predicted octanol–water partition coefficient (Wildman–Crippen LogP) is 2.57. The lowest BCUT2D eigenvalue weighted by Gasteiger charge is -2.27. The molecule has 1 aliphatic rings. The number of nitrogens with two attached hydrogens (primary N) is 1. The number of hydrogen-bond donors (Lipinski definition) is 3. The average Bonchev–Trinajstić information content (AvgIpc) is 2.56. The molecule has 118 valence electrons. The van der Waals surface area contributed by atoms with Gasteiger partial charge < -0.3 is 0 Å². The molecule has 0 bridgehead atoms. The van der Waals surface area contributed by atoms with Crippen LogP contribution in [0.5, 0.6) is 0 Å². The van der Waals surface area contributed by atoms with Gasteiger partial charge in [-0.2, -0.15) is 5.10 Å². The van der Waals surface area contributed by atoms with E-state index in [4.69, 9.17) is 5.84 Å². The molecular weight excluding hydrogens is 276 g/mol. The zero-order valence-corrected chi connectivity index (χ0v) is 13.2. The van der Waals surface area contributed by atoms with Gasteiger partial charge in [0.1, 0.15) is 0 Å². The fraction of sp³-hybridized carbons (Fsp3) is 0.412. The van der Waals surface area contributed by atoms with Gasteiger partial charge in [0.25, 0.3) is 5.91 Å². The molecule has 0 saturated carbocycles. The van der Waals surface area contributed by atoms with Gasteiger partial charge >= 0.3 is 0 Å². The molecule has 0 aliphatic carbocycles. The van der Waals surface area contributed by atoms with Crippen LogP contribution in [0.1, 0.15) is 51.0 Å². The van der Waals surface area contributed by atoms with Crippen molar-refractivity contribution in [3.8, 4) is 0 Å². The van der Waals surface area contributed by atoms with Gasteiger partial charge in [-0.1, -0.05) is 50.1 Å². The van der Waals surface area contributed by atoms with E-state index in [2.05, 4.69) is 22.9 Å². The van der Waals surface area contributed by atoms with Crippen LogP contribution in [-0.4, -0.2) is 11.6 Å². The Morgan fingerprint density at radius 1 is 1.32 bits per heavy atom. The van der Waals surface area contributed by atoms with Crippen molar-refractivity contribution in [1.29, 1.82) is 0 Å². The lowest BCUT2D eigenvalue weighted by Crippen LogP contribution is -2.38. The maximum atomic E-state index is 12.2. The molecule has 1 unspecified atom stereocenters. The van der Waals surface area contributed by atoms with Crippen LogP contribution in [0, 0.1) is 0 Å². The second-order valence-electron chi connectivity index (χ2n) is 5.53. The van der Waals surface area contributed by atoms with Crippen LogP contribution in [0.25, 0.3) is 0 Å². The second-order valence-corrected chi connectivity index (χ2v) is 5.53. The average molecular weight is 300 g/mol. The van der Waals surface area contributed by atoms with Crippen LogP contribution in [-0.2, 0) is 4.79 Å². The number of hydrogen-bond acceptors (Lipinski definition) is 4. The van der Waals surface area contributed by atoms with Gasteiger partial charge in [0.2, 0.25) is 0 Å². The molecule has 22 heavy (non-hydrogen) atoms. The molecule has 0 saturated heterocycles. The quantitative estimate of drug-likeness (QED) is 0.327. The molecule has 0 fully saturated rings. The van der Waals surface area contributed by atoms with Gasteiger partial charge in [0.05, 0.1) is 17.2 Å². The van der Waals surface area contributed by atoms with Crippen LogP contribution < -0.4 is 16.7 Å². The molecule has 2 rings (SSSR count). The fourth-order valence-electron chi connectivity index (χ4n) is 2.80. The standard InChI is InChI=1S/C17H24N4O/c1-3-4-6-11-14-16(13-9-7-5-8-10-13)15(17(22)19-18)12(2)20-21-14/h5,7-10,16,20H,3-4,6,11,18H2,1-2H3,(H,19,22). The summed E-state index contributed by atoms with van der Waals surface area (Å²) in [5.74, 6) is 4.97. The Bertz CT molecular complexity index is 578. The number of benzene rings is 1. The van der Waals surface area contributed by atoms with Gasteiger partial charge in [0, 0.05) is 5.70 Å². The van der Waals surface area contributed by atoms with Crippen molar-refractivity contribution in [2.45, 2.75) is 45.4 Å². The van der Waals surface area contributed by atoms with Crippen molar-refractivity contribution >= 4 is 11.6 Å². The minimum Gasteiger partial charge on any atom is -0.290 e. The zero-order chi connectivity index (χ0) is 15.9. The summed E-state index contributed by atoms with van der Waals surface area (Å²) in [4.78, 5) is 12.2. The largest absolute Gasteiger partial charge is 0.290 e. The molecule has 0 radical (unpaired) electrons. The number of allylic oxidation sites excluding steroid dienone is 1. The van der Waals surface area contributed by atoms with E-state index in [-0.39, 0.29) is 11.8 Å². The maximum absolute atomic E-state index is 12.2. The number of hydrazone groups is 1. The number of hydrazine groups is 1. The van der Waals surface area contributed by atoms with E-state index in [0.29, 0.717) is 5.57 Å². The van der Waals surface area contributed by atoms with Crippen LogP contribution in [0.15, 0.2) is 46.7 Å². The number of carbonyl (C=O) groups excluding carboxylic acids is 1. The Hall–Kier alpha value is -2.14. The van der Waals surface area contributed by atoms with Gasteiger partial charge in [0.15, 0.2) is 0 Å². The van der Waals surface area contributed by atoms with E-state index in [1.165, 1.54) is 0 Å². The predicted molar refractivity (Wildman–Crippen MR) is 88.9 cm³/mol. The number of amides is 1. The molecule has 1 amide bonds. The van der Waals surface area contributed by atoms with E-state index >= 15 is 0 Å². The smallest absolute Gasteiger partial charge is 0.263 e. The van der Waals surface area contributed by atoms with Gasteiger partial charge in [-0.15, -0.1) is 0 Å². The molecule has 1 atom stereocenters. The van der Waals surface area contributed by atoms with Gasteiger partial charge in [-0.3, -0.25) is 15.6 Å². The van der Waals surface area contributed by atoms with Crippen molar-refractivity contribution < 1.29 is 4.79 Å². The monoisotopic (exact) mass is 300 g/mol. The minimum absolute atomic E-state index is 0.136. The molecule has 1 heterocycles. The van der Waals surface area contributed by atoms with E-state index in [1.54, 1.807) is 0 Å². The molecular formula is C17H24N4O. The summed E-state index contributed by atoms with van der Waals surface area (Å²) in [7, 11) is 0. The van der Waals surface area contributed by atoms with E-state index in [1.807, 2.05) is 37.3 Å². The number of rotatable bonds is 6. The van der Waals surface area contributed by atoms with E-state index < -0.39 is 0 Å². The third-order valence-corrected chi connectivity index (χ3v) is 3.94. The van der Waals surface area contributed by atoms with Gasteiger partial charge in [-0.05, 0) is 25.3 Å². The maximum Gasteiger partial charge on any atom is 0.263 e. The molecule has 1 aliphatic heterocycles. The molecule has 4 N–H and O–H groups in total. The first-order valence-corrected chi connectivity index (χ1v) is 7.78. The summed E-state index contributed by atoms with van der Waals surface area (Å²) in [5, 5.41) is 4.49. The fourth-order valence-corrected chi connectivity index (χ4v) is 2.80. The Balaban J connectivity index is 2.37. The first kappa shape index (κ1) is 16.2. The third kappa shape index (κ3) is 3.54. The number of carbonyl (C=O) groups is 1. The van der Waals surface area contributed by atoms with Crippen LogP contribution in [0.2, 0.25) is 0 Å². The topological polar surface area (TPSA) is 79.5 Å². The summed E-state index contributed by atoms with van der Waals surface area (Å²) in [6.45, 7) is 4.03. The normalized spacial score (nSPS) is 17.8. The van der Waals surface area contributed by atoms with Crippen LogP contribution in [0.3, 0.4) is 0 Å². The van der Waals surface area contributed by atoms with Crippen molar-refractivity contribution in [1.82, 2.24) is 10.9 Å². The molecule has 5 nitrogen and oxygen atoms in total. The highest BCUT2D eigenvalue weighted by Crippen LogP contribution is 2.32. The minimum atomic E-state index is -0.262. The molecule has 0 spiro atoms. The molecule has 1 aromatic carbocycles. The number of unbranched alkanes of at least 4 members (excludes halogenated alkanes) is 2. The van der Waals surface area contributed by atoms with Crippen molar-refractivity contribution in [3.05, 3.63) is 47.2 Å². The van der Waals surface area contributed by atoms with Crippen LogP contribution >= 0.6 is 0 Å². The first-order chi connectivity index (χ1) is 10.7. The second kappa shape index (κ2) is 7.75. The van der Waals surface area contributed by atoms with Crippen LogP contribution in [0.4, 0.5) is 0 Å². The van der Waals surface area contributed by atoms with E-state index in [0.717, 1.165) is 42.7 Å². The Kier molecular flexibility index (Phi) is 5.72. The molecule has 0 aromatic heterocycles. The SMILES string of the molecule is CCCCCC1=NNC(C)=C(C(=O)NN)C1c1ccccc1. The summed E-state index contributed by atoms with van der Waals surface area (Å²) in [5.41, 5.74) is 8.69.